The topological polar surface area (TPSA) is 50.4 Å². The van der Waals surface area contributed by atoms with Gasteiger partial charge in [-0.25, -0.2) is 0 Å². The van der Waals surface area contributed by atoms with E-state index in [0.717, 1.165) is 24.3 Å². The zero-order valence-electron chi connectivity index (χ0n) is 14.4. The van der Waals surface area contributed by atoms with E-state index in [2.05, 4.69) is 29.7 Å². The van der Waals surface area contributed by atoms with Gasteiger partial charge in [0.05, 0.1) is 13.2 Å². The number of benzene rings is 2. The molecule has 128 valence electrons. The molecule has 0 aromatic heterocycles. The predicted octanol–water partition coefficient (Wildman–Crippen LogP) is 3.63. The second-order valence-corrected chi connectivity index (χ2v) is 5.84. The monoisotopic (exact) mass is 326 g/mol. The van der Waals surface area contributed by atoms with Crippen molar-refractivity contribution in [3.63, 3.8) is 0 Å². The highest BCUT2D eigenvalue weighted by Gasteiger charge is 2.05. The van der Waals surface area contributed by atoms with Gasteiger partial charge in [0, 0.05) is 24.2 Å². The minimum atomic E-state index is -0.000232. The molecule has 0 saturated heterocycles. The van der Waals surface area contributed by atoms with Gasteiger partial charge in [-0.05, 0) is 31.0 Å². The number of hydrogen-bond acceptors (Lipinski definition) is 3. The minimum Gasteiger partial charge on any atom is -0.493 e. The maximum atomic E-state index is 11.8. The molecular weight excluding hydrogens is 300 g/mol. The molecule has 0 aliphatic heterocycles. The number of carbonyl (C=O) groups excluding carboxylic acids is 1. The zero-order chi connectivity index (χ0) is 17.2. The van der Waals surface area contributed by atoms with Gasteiger partial charge >= 0.3 is 0 Å². The fraction of sp³-hybridized carbons (Fsp3) is 0.350. The Hall–Kier alpha value is -2.49. The lowest BCUT2D eigenvalue weighted by Crippen LogP contribution is -2.36. The quantitative estimate of drug-likeness (QED) is 0.740. The Kier molecular flexibility index (Phi) is 7.15. The fourth-order valence-electron chi connectivity index (χ4n) is 2.24. The predicted molar refractivity (Wildman–Crippen MR) is 98.5 cm³/mol. The van der Waals surface area contributed by atoms with Crippen LogP contribution in [0.4, 0.5) is 5.69 Å². The molecule has 2 aromatic rings. The Balaban J connectivity index is 1.77. The largest absolute Gasteiger partial charge is 0.493 e. The van der Waals surface area contributed by atoms with Crippen LogP contribution >= 0.6 is 0 Å². The second kappa shape index (κ2) is 9.60. The highest BCUT2D eigenvalue weighted by Crippen LogP contribution is 2.17. The number of carbonyl (C=O) groups is 1. The lowest BCUT2D eigenvalue weighted by molar-refractivity contribution is -0.120. The lowest BCUT2D eigenvalue weighted by Gasteiger charge is -2.13. The van der Waals surface area contributed by atoms with Crippen molar-refractivity contribution in [1.82, 2.24) is 5.32 Å². The van der Waals surface area contributed by atoms with E-state index >= 15 is 0 Å². The Morgan fingerprint density at radius 1 is 1.12 bits per heavy atom. The van der Waals surface area contributed by atoms with Crippen LogP contribution in [0.2, 0.25) is 0 Å². The van der Waals surface area contributed by atoms with E-state index in [1.165, 1.54) is 5.56 Å². The van der Waals surface area contributed by atoms with Crippen molar-refractivity contribution in [3.05, 3.63) is 60.2 Å². The van der Waals surface area contributed by atoms with E-state index in [-0.39, 0.29) is 18.5 Å². The number of nitrogens with one attached hydrogen (secondary N) is 2. The summed E-state index contributed by atoms with van der Waals surface area (Å²) in [5.74, 6) is 0.804. The molecule has 1 unspecified atom stereocenters. The molecule has 0 bridgehead atoms. The van der Waals surface area contributed by atoms with E-state index in [0.29, 0.717) is 6.61 Å². The molecule has 0 saturated carbocycles. The Bertz CT molecular complexity index is 629. The summed E-state index contributed by atoms with van der Waals surface area (Å²) in [6.07, 6.45) is 1.80. The minimum absolute atomic E-state index is 0.000232. The molecule has 0 aliphatic rings. The summed E-state index contributed by atoms with van der Waals surface area (Å²) in [5.41, 5.74) is 2.14. The van der Waals surface area contributed by atoms with Gasteiger partial charge in [-0.2, -0.15) is 0 Å². The third-order valence-corrected chi connectivity index (χ3v) is 3.81. The molecule has 0 aliphatic carbocycles. The van der Waals surface area contributed by atoms with Gasteiger partial charge in [0.15, 0.2) is 0 Å². The molecular formula is C20H26N2O2. The molecule has 0 fully saturated rings. The molecule has 4 heteroatoms. The molecule has 2 rings (SSSR count). The Morgan fingerprint density at radius 3 is 2.67 bits per heavy atom. The summed E-state index contributed by atoms with van der Waals surface area (Å²) < 4.78 is 5.80. The molecule has 0 spiro atoms. The van der Waals surface area contributed by atoms with Gasteiger partial charge in [0.2, 0.25) is 5.91 Å². The molecule has 0 radical (unpaired) electrons. The summed E-state index contributed by atoms with van der Waals surface area (Å²) in [5, 5.41) is 6.06. The summed E-state index contributed by atoms with van der Waals surface area (Å²) in [6, 6.07) is 18.2. The van der Waals surface area contributed by atoms with Gasteiger partial charge in [-0.1, -0.05) is 43.3 Å². The third kappa shape index (κ3) is 6.32. The number of ether oxygens (including phenoxy) is 1. The van der Waals surface area contributed by atoms with Crippen LogP contribution in [0.25, 0.3) is 0 Å². The first-order valence-electron chi connectivity index (χ1n) is 8.47. The third-order valence-electron chi connectivity index (χ3n) is 3.81. The van der Waals surface area contributed by atoms with E-state index < -0.39 is 0 Å². The number of hydrogen-bond donors (Lipinski definition) is 2. The van der Waals surface area contributed by atoms with E-state index in [1.54, 1.807) is 0 Å². The normalized spacial score (nSPS) is 11.6. The first-order valence-corrected chi connectivity index (χ1v) is 8.47. The highest BCUT2D eigenvalue weighted by molar-refractivity contribution is 5.81. The first kappa shape index (κ1) is 17.9. The van der Waals surface area contributed by atoms with Crippen molar-refractivity contribution >= 4 is 11.6 Å². The van der Waals surface area contributed by atoms with Gasteiger partial charge < -0.3 is 15.4 Å². The molecule has 0 heterocycles. The van der Waals surface area contributed by atoms with Gasteiger partial charge in [-0.3, -0.25) is 4.79 Å². The van der Waals surface area contributed by atoms with Crippen LogP contribution in [0, 0.1) is 0 Å². The molecule has 1 atom stereocenters. The summed E-state index contributed by atoms with van der Waals surface area (Å²) in [4.78, 5) is 11.8. The summed E-state index contributed by atoms with van der Waals surface area (Å²) in [6.45, 7) is 4.94. The van der Waals surface area contributed by atoms with Crippen molar-refractivity contribution in [3.8, 4) is 5.75 Å². The first-order chi connectivity index (χ1) is 11.7. The Labute approximate surface area is 144 Å². The van der Waals surface area contributed by atoms with E-state index in [4.69, 9.17) is 4.74 Å². The van der Waals surface area contributed by atoms with E-state index in [1.807, 2.05) is 49.4 Å². The van der Waals surface area contributed by atoms with Crippen molar-refractivity contribution in [1.29, 1.82) is 0 Å². The lowest BCUT2D eigenvalue weighted by atomic mass is 10.2. The van der Waals surface area contributed by atoms with Crippen molar-refractivity contribution in [2.45, 2.75) is 32.7 Å². The van der Waals surface area contributed by atoms with Gasteiger partial charge in [0.25, 0.3) is 0 Å². The Morgan fingerprint density at radius 2 is 1.92 bits per heavy atom. The average molecular weight is 326 g/mol. The molecule has 2 N–H and O–H groups in total. The van der Waals surface area contributed by atoms with Crippen LogP contribution in [0.3, 0.4) is 0 Å². The summed E-state index contributed by atoms with van der Waals surface area (Å²) in [7, 11) is 0. The molecule has 2 aromatic carbocycles. The number of amides is 1. The summed E-state index contributed by atoms with van der Waals surface area (Å²) >= 11 is 0. The van der Waals surface area contributed by atoms with Gasteiger partial charge in [-0.15, -0.1) is 0 Å². The van der Waals surface area contributed by atoms with Gasteiger partial charge in [0.1, 0.15) is 5.75 Å². The number of rotatable bonds is 9. The van der Waals surface area contributed by atoms with Crippen LogP contribution in [0.1, 0.15) is 25.8 Å². The average Bonchev–Trinajstić information content (AvgIpc) is 2.61. The molecule has 1 amide bonds. The highest BCUT2D eigenvalue weighted by atomic mass is 16.5. The SMILES string of the molecule is CCC(C)NC(=O)CNc1cccc(OCCc2ccccc2)c1. The van der Waals surface area contributed by atoms with Crippen LogP contribution in [-0.4, -0.2) is 25.1 Å². The van der Waals surface area contributed by atoms with Crippen LogP contribution in [-0.2, 0) is 11.2 Å². The van der Waals surface area contributed by atoms with E-state index in [9.17, 15) is 4.79 Å². The van der Waals surface area contributed by atoms with Crippen LogP contribution < -0.4 is 15.4 Å². The molecule has 4 nitrogen and oxygen atoms in total. The smallest absolute Gasteiger partial charge is 0.239 e. The van der Waals surface area contributed by atoms with Crippen molar-refractivity contribution in [2.75, 3.05) is 18.5 Å². The van der Waals surface area contributed by atoms with Crippen LogP contribution in [0.5, 0.6) is 5.75 Å². The zero-order valence-corrected chi connectivity index (χ0v) is 14.4. The number of anilines is 1. The van der Waals surface area contributed by atoms with Crippen molar-refractivity contribution < 1.29 is 9.53 Å². The fourth-order valence-corrected chi connectivity index (χ4v) is 2.24. The standard InChI is InChI=1S/C20H26N2O2/c1-3-16(2)22-20(23)15-21-18-10-7-11-19(14-18)24-13-12-17-8-5-4-6-9-17/h4-11,14,16,21H,3,12-13,15H2,1-2H3,(H,22,23). The molecule has 24 heavy (non-hydrogen) atoms. The van der Waals surface area contributed by atoms with Crippen molar-refractivity contribution in [2.24, 2.45) is 0 Å². The second-order valence-electron chi connectivity index (χ2n) is 5.84. The maximum absolute atomic E-state index is 11.8. The van der Waals surface area contributed by atoms with Crippen LogP contribution in [0.15, 0.2) is 54.6 Å². The maximum Gasteiger partial charge on any atom is 0.239 e.